The highest BCUT2D eigenvalue weighted by atomic mass is 35.6. The molecule has 1 unspecified atom stereocenters. The van der Waals surface area contributed by atoms with Crippen molar-refractivity contribution in [1.29, 1.82) is 0 Å². The molecular weight excluding hydrogens is 1090 g/mol. The normalized spacial score (nSPS) is 30.6. The van der Waals surface area contributed by atoms with Gasteiger partial charge in [-0.3, -0.25) is 24.1 Å². The molecular formula is C58H58Cl3NO17. The first-order valence-corrected chi connectivity index (χ1v) is 26.5. The predicted octanol–water partition coefficient (Wildman–Crippen LogP) is 8.72. The molecule has 4 aromatic carbocycles. The smallest absolute Gasteiger partial charge is 0.497 e. The van der Waals surface area contributed by atoms with Crippen LogP contribution in [0.4, 0.5) is 4.79 Å². The third kappa shape index (κ3) is 10.4. The molecule has 0 radical (unpaired) electrons. The van der Waals surface area contributed by atoms with Gasteiger partial charge in [0, 0.05) is 43.2 Å². The van der Waals surface area contributed by atoms with E-state index < -0.39 is 142 Å². The number of fused-ring (bicyclic) bond motifs is 5. The number of nitrogens with zero attached hydrogens (tertiary/aromatic N) is 1. The lowest BCUT2D eigenvalue weighted by molar-refractivity contribution is -0.346. The van der Waals surface area contributed by atoms with E-state index in [9.17, 15) is 29.1 Å². The zero-order chi connectivity index (χ0) is 57.0. The van der Waals surface area contributed by atoms with Crippen LogP contribution in [0.1, 0.15) is 98.5 Å². The summed E-state index contributed by atoms with van der Waals surface area (Å²) in [6.07, 6.45) is -13.5. The molecule has 2 heterocycles. The van der Waals surface area contributed by atoms with Crippen LogP contribution in [-0.4, -0.2) is 124 Å². The number of methoxy groups -OCH3 is 1. The number of carbonyl (C=O) groups is 7. The molecule has 2 aliphatic heterocycles. The quantitative estimate of drug-likeness (QED) is 0.0605. The molecule has 2 saturated heterocycles. The van der Waals surface area contributed by atoms with Crippen LogP contribution in [0.3, 0.4) is 0 Å². The summed E-state index contributed by atoms with van der Waals surface area (Å²) in [5, 5.41) is 14.3. The largest absolute Gasteiger partial charge is 0.508 e. The van der Waals surface area contributed by atoms with Gasteiger partial charge in [-0.05, 0) is 67.0 Å². The minimum atomic E-state index is -2.52. The summed E-state index contributed by atoms with van der Waals surface area (Å²) in [6, 6.07) is 30.6. The fraction of sp³-hybridized carbons (Fsp3) is 0.431. The third-order valence-corrected chi connectivity index (χ3v) is 16.5. The number of benzene rings is 4. The molecule has 5 aliphatic rings. The van der Waals surface area contributed by atoms with Gasteiger partial charge in [-0.15, -0.1) is 0 Å². The van der Waals surface area contributed by atoms with Crippen molar-refractivity contribution < 1.29 is 81.3 Å². The van der Waals surface area contributed by atoms with E-state index in [0.717, 1.165) is 13.8 Å². The molecule has 2 bridgehead atoms. The van der Waals surface area contributed by atoms with E-state index in [2.05, 4.69) is 0 Å². The van der Waals surface area contributed by atoms with Crippen molar-refractivity contribution in [3.63, 3.8) is 0 Å². The fourth-order valence-corrected chi connectivity index (χ4v) is 12.5. The van der Waals surface area contributed by atoms with E-state index in [4.69, 9.17) is 77.4 Å². The molecule has 4 aromatic rings. The first kappa shape index (κ1) is 57.2. The van der Waals surface area contributed by atoms with Crippen molar-refractivity contribution in [1.82, 2.24) is 4.90 Å². The van der Waals surface area contributed by atoms with Crippen molar-refractivity contribution in [2.45, 2.75) is 118 Å². The van der Waals surface area contributed by atoms with Crippen LogP contribution < -0.4 is 4.74 Å². The van der Waals surface area contributed by atoms with Gasteiger partial charge in [0.15, 0.2) is 29.8 Å². The van der Waals surface area contributed by atoms with Crippen LogP contribution in [0, 0.1) is 16.7 Å². The van der Waals surface area contributed by atoms with Gasteiger partial charge >= 0.3 is 30.0 Å². The first-order valence-electron chi connectivity index (χ1n) is 25.4. The lowest BCUT2D eigenvalue weighted by Crippen LogP contribution is -2.82. The summed E-state index contributed by atoms with van der Waals surface area (Å²) in [5.74, 6) is -6.48. The zero-order valence-corrected chi connectivity index (χ0v) is 46.3. The number of alkyl halides is 3. The molecule has 1 amide bonds. The minimum Gasteiger partial charge on any atom is -0.497 e. The average Bonchev–Trinajstić information content (AvgIpc) is 3.95. The average molecular weight is 1150 g/mol. The van der Waals surface area contributed by atoms with Gasteiger partial charge in [0.1, 0.15) is 42.4 Å². The number of hydrogen-bond donors (Lipinski definition) is 1. The van der Waals surface area contributed by atoms with Gasteiger partial charge in [0.05, 0.1) is 36.7 Å². The van der Waals surface area contributed by atoms with Crippen molar-refractivity contribution in [2.75, 3.05) is 20.3 Å². The second kappa shape index (κ2) is 21.8. The Hall–Kier alpha value is -6.54. The van der Waals surface area contributed by atoms with Gasteiger partial charge in [-0.25, -0.2) is 14.4 Å². The molecule has 0 spiro atoms. The Bertz CT molecular complexity index is 3050. The van der Waals surface area contributed by atoms with Crippen molar-refractivity contribution >= 4 is 76.5 Å². The number of aliphatic hydroxyl groups is 1. The van der Waals surface area contributed by atoms with Crippen LogP contribution in [0.15, 0.2) is 126 Å². The van der Waals surface area contributed by atoms with Crippen LogP contribution in [-0.2, 0) is 57.1 Å². The van der Waals surface area contributed by atoms with Crippen LogP contribution >= 0.6 is 34.8 Å². The fourth-order valence-electron chi connectivity index (χ4n) is 12.4. The first-order chi connectivity index (χ1) is 37.4. The van der Waals surface area contributed by atoms with Gasteiger partial charge in [-0.2, -0.15) is 0 Å². The maximum atomic E-state index is 16.3. The summed E-state index contributed by atoms with van der Waals surface area (Å²) in [6.45, 7) is 6.98. The molecule has 3 aliphatic carbocycles. The Morgan fingerprint density at radius 2 is 1.38 bits per heavy atom. The summed E-state index contributed by atoms with van der Waals surface area (Å²) in [4.78, 5) is 104. The predicted molar refractivity (Wildman–Crippen MR) is 281 cm³/mol. The summed E-state index contributed by atoms with van der Waals surface area (Å²) >= 11 is 17.8. The second-order valence-electron chi connectivity index (χ2n) is 21.0. The molecule has 21 heteroatoms. The molecule has 9 rings (SSSR count). The highest BCUT2D eigenvalue weighted by molar-refractivity contribution is 6.67. The number of amides is 1. The van der Waals surface area contributed by atoms with Crippen LogP contribution in [0.5, 0.6) is 5.75 Å². The number of hydrogen-bond acceptors (Lipinski definition) is 17. The number of carbonyl (C=O) groups excluding carboxylic acids is 7. The van der Waals surface area contributed by atoms with E-state index >= 15 is 9.59 Å². The van der Waals surface area contributed by atoms with Crippen molar-refractivity contribution in [2.24, 2.45) is 16.7 Å². The van der Waals surface area contributed by atoms with Gasteiger partial charge < -0.3 is 47.7 Å². The van der Waals surface area contributed by atoms with Crippen LogP contribution in [0.25, 0.3) is 0 Å². The lowest BCUT2D eigenvalue weighted by atomic mass is 9.44. The number of rotatable bonds is 12. The number of halogens is 3. The van der Waals surface area contributed by atoms with Crippen LogP contribution in [0.2, 0.25) is 0 Å². The molecule has 79 heavy (non-hydrogen) atoms. The highest BCUT2D eigenvalue weighted by Crippen LogP contribution is 2.65. The van der Waals surface area contributed by atoms with Crippen molar-refractivity contribution in [3.05, 3.63) is 149 Å². The number of ketones is 1. The molecule has 2 saturated carbocycles. The lowest BCUT2D eigenvalue weighted by Gasteiger charge is -2.67. The molecule has 418 valence electrons. The SMILES string of the molecule is COc1ccc(C2O[C@H](C(=O)O[C@H]3C[C@@]4(O)[C@@H](OC(=O)c5ccccc5)[C@@H]5[C@]6(OC(C)=O)CO[C@@H]6C[C@H](OC(=O)OCC(Cl)(Cl)Cl)[C@@]5(C)C(=O)[C@H](OC(C)=O)C(=C3C)C4(C)C)[C@H](c3ccccc3)N2C(=O)c2ccccc2)cc1. The summed E-state index contributed by atoms with van der Waals surface area (Å²) in [7, 11) is 1.51. The maximum absolute atomic E-state index is 16.3. The Morgan fingerprint density at radius 3 is 1.94 bits per heavy atom. The minimum absolute atomic E-state index is 0.00992. The molecule has 1 N–H and O–H groups in total. The summed E-state index contributed by atoms with van der Waals surface area (Å²) < 4.78 is 52.8. The monoisotopic (exact) mass is 1150 g/mol. The van der Waals surface area contributed by atoms with E-state index in [1.165, 1.54) is 31.1 Å². The summed E-state index contributed by atoms with van der Waals surface area (Å²) in [5.41, 5.74) is -7.14. The Labute approximate surface area is 470 Å². The Morgan fingerprint density at radius 1 is 0.772 bits per heavy atom. The standard InChI is InChI=1S/C58H58Cl3NO17/c1-31-39(75-52(68)45-43(34-17-11-8-12-18-34)62(49(66)35-19-13-9-14-20-35)50(77-45)36-23-25-38(71-7)26-24-36)28-57(70)48(78-51(67)37-21-15-10-16-22-37)46-55(6,47(65)44(74-32(2)63)42(31)54(57,4)5)40(76-53(69)73-30-58(59,60)61)27-41-56(46,29-72-41)79-33(3)64/h8-26,39-41,43-46,48,50,70H,27-30H2,1-7H3/t39-,40-,41+,43-,44+,45-,46-,48-,50?,55+,56-,57+/m0/s1. The van der Waals surface area contributed by atoms with E-state index in [-0.39, 0.29) is 23.1 Å². The van der Waals surface area contributed by atoms with E-state index in [1.807, 2.05) is 0 Å². The Kier molecular flexibility index (Phi) is 15.8. The van der Waals surface area contributed by atoms with Crippen molar-refractivity contribution in [3.8, 4) is 5.75 Å². The number of ether oxygens (including phenoxy) is 9. The molecule has 0 aromatic heterocycles. The zero-order valence-electron chi connectivity index (χ0n) is 44.1. The molecule has 18 nitrogen and oxygen atoms in total. The number of esters is 4. The number of Topliss-reactive ketones (excluding diaryl/α,β-unsaturated/α-hetero) is 1. The highest BCUT2D eigenvalue weighted by Gasteiger charge is 2.79. The van der Waals surface area contributed by atoms with E-state index in [1.54, 1.807) is 124 Å². The van der Waals surface area contributed by atoms with Gasteiger partial charge in [0.2, 0.25) is 3.79 Å². The van der Waals surface area contributed by atoms with Gasteiger partial charge in [0.25, 0.3) is 5.91 Å². The second-order valence-corrected chi connectivity index (χ2v) is 23.6. The van der Waals surface area contributed by atoms with Gasteiger partial charge in [-0.1, -0.05) is 128 Å². The van der Waals surface area contributed by atoms with E-state index in [0.29, 0.717) is 22.4 Å². The Balaban J connectivity index is 1.23. The third-order valence-electron chi connectivity index (χ3n) is 16.1. The topological polar surface area (TPSA) is 226 Å². The molecule has 12 atom stereocenters. The maximum Gasteiger partial charge on any atom is 0.508 e. The molecule has 4 fully saturated rings.